The van der Waals surface area contributed by atoms with Crippen LogP contribution in [0.4, 0.5) is 11.4 Å². The Morgan fingerprint density at radius 3 is 2.48 bits per heavy atom. The van der Waals surface area contributed by atoms with Gasteiger partial charge in [-0.1, -0.05) is 61.6 Å². The largest absolute Gasteiger partial charge is 0.497 e. The molecule has 0 unspecified atom stereocenters. The van der Waals surface area contributed by atoms with E-state index in [1.165, 1.54) is 10.8 Å². The van der Waals surface area contributed by atoms with Crippen molar-refractivity contribution in [3.05, 3.63) is 78.4 Å². The van der Waals surface area contributed by atoms with Gasteiger partial charge in [-0.05, 0) is 79.1 Å². The second-order valence-corrected chi connectivity index (χ2v) is 18.2. The number of amides is 2. The van der Waals surface area contributed by atoms with E-state index in [0.29, 0.717) is 18.7 Å². The van der Waals surface area contributed by atoms with E-state index in [-0.39, 0.29) is 54.7 Å². The summed E-state index contributed by atoms with van der Waals surface area (Å²) >= 11 is 0. The van der Waals surface area contributed by atoms with Gasteiger partial charge in [-0.25, -0.2) is 0 Å². The number of fused-ring (bicyclic) bond motifs is 1. The van der Waals surface area contributed by atoms with Crippen molar-refractivity contribution < 1.29 is 28.9 Å². The number of aliphatic hydroxyl groups is 1. The van der Waals surface area contributed by atoms with Crippen LogP contribution in [0.1, 0.15) is 38.2 Å². The molecule has 46 heavy (non-hydrogen) atoms. The SMILES string of the molecule is COc1ccc([Si](C)(C)[C@H]2[C@H](C)[C@H](CCc3ccc(N4C(=O)COc5ccccc54)cc3)O[C@@H]2CC(=O)N2CCC[C@H]2CO)cc1. The summed E-state index contributed by atoms with van der Waals surface area (Å²) in [5, 5.41) is 11.2. The van der Waals surface area contributed by atoms with Crippen LogP contribution in [0.3, 0.4) is 0 Å². The number of aliphatic hydroxyl groups excluding tert-OH is 1. The van der Waals surface area contributed by atoms with Crippen LogP contribution in [-0.2, 0) is 20.7 Å². The van der Waals surface area contributed by atoms with Gasteiger partial charge >= 0.3 is 0 Å². The average molecular weight is 643 g/mol. The first-order valence-corrected chi connectivity index (χ1v) is 19.6. The number of ether oxygens (including phenoxy) is 3. The molecule has 3 aliphatic rings. The van der Waals surface area contributed by atoms with Crippen LogP contribution in [0.2, 0.25) is 18.6 Å². The van der Waals surface area contributed by atoms with Gasteiger partial charge in [-0.15, -0.1) is 0 Å². The zero-order valence-corrected chi connectivity index (χ0v) is 28.4. The Hall–Kier alpha value is -3.66. The van der Waals surface area contributed by atoms with Gasteiger partial charge in [0.05, 0.1) is 52.1 Å². The molecule has 6 rings (SSSR count). The highest BCUT2D eigenvalue weighted by molar-refractivity contribution is 6.91. The molecule has 3 aromatic carbocycles. The number of methoxy groups -OCH3 is 1. The van der Waals surface area contributed by atoms with E-state index < -0.39 is 8.07 Å². The maximum atomic E-state index is 13.6. The monoisotopic (exact) mass is 642 g/mol. The Kier molecular flexibility index (Phi) is 9.54. The van der Waals surface area contributed by atoms with Crippen molar-refractivity contribution in [3.8, 4) is 11.5 Å². The highest BCUT2D eigenvalue weighted by Gasteiger charge is 2.51. The predicted molar refractivity (Wildman–Crippen MR) is 182 cm³/mol. The molecule has 0 radical (unpaired) electrons. The van der Waals surface area contributed by atoms with Crippen molar-refractivity contribution in [1.29, 1.82) is 0 Å². The molecule has 2 amide bonds. The number of anilines is 2. The second kappa shape index (κ2) is 13.6. The van der Waals surface area contributed by atoms with Gasteiger partial charge in [0.2, 0.25) is 5.91 Å². The Balaban J connectivity index is 1.19. The van der Waals surface area contributed by atoms with Crippen LogP contribution in [0.15, 0.2) is 72.8 Å². The van der Waals surface area contributed by atoms with E-state index in [1.807, 2.05) is 53.4 Å². The van der Waals surface area contributed by atoms with E-state index >= 15 is 0 Å². The first-order valence-electron chi connectivity index (χ1n) is 16.5. The number of hydrogen-bond donors (Lipinski definition) is 1. The predicted octanol–water partition coefficient (Wildman–Crippen LogP) is 5.45. The lowest BCUT2D eigenvalue weighted by molar-refractivity contribution is -0.135. The molecule has 1 N–H and O–H groups in total. The maximum absolute atomic E-state index is 13.6. The number of carbonyl (C=O) groups is 2. The van der Waals surface area contributed by atoms with Crippen molar-refractivity contribution in [1.82, 2.24) is 4.90 Å². The minimum absolute atomic E-state index is 0.0107. The smallest absolute Gasteiger partial charge is 0.269 e. The van der Waals surface area contributed by atoms with E-state index in [9.17, 15) is 14.7 Å². The molecule has 0 aliphatic carbocycles. The van der Waals surface area contributed by atoms with Crippen LogP contribution < -0.4 is 19.6 Å². The third-order valence-corrected chi connectivity index (χ3v) is 14.9. The summed E-state index contributed by atoms with van der Waals surface area (Å²) in [5.41, 5.74) is 3.01. The van der Waals surface area contributed by atoms with Crippen LogP contribution in [0.5, 0.6) is 11.5 Å². The summed E-state index contributed by atoms with van der Waals surface area (Å²) in [6.07, 6.45) is 3.66. The molecular formula is C37H46N2O6Si. The van der Waals surface area contributed by atoms with Crippen LogP contribution in [0.25, 0.3) is 0 Å². The molecule has 3 heterocycles. The lowest BCUT2D eigenvalue weighted by Crippen LogP contribution is -2.51. The molecule has 0 bridgehead atoms. The Morgan fingerprint density at radius 1 is 1.02 bits per heavy atom. The van der Waals surface area contributed by atoms with Crippen LogP contribution >= 0.6 is 0 Å². The van der Waals surface area contributed by atoms with Crippen molar-refractivity contribution in [3.63, 3.8) is 0 Å². The number of rotatable bonds is 10. The molecule has 0 saturated carbocycles. The molecule has 5 atom stereocenters. The lowest BCUT2D eigenvalue weighted by Gasteiger charge is -2.36. The molecule has 3 aliphatic heterocycles. The number of likely N-dealkylation sites (tertiary alicyclic amines) is 1. The number of carbonyl (C=O) groups excluding carboxylic acids is 2. The molecule has 0 aromatic heterocycles. The Bertz CT molecular complexity index is 1530. The zero-order chi connectivity index (χ0) is 32.4. The standard InChI is InChI=1S/C37H46N2O6Si/c1-25-32(20-13-26-11-14-27(15-12-26)39-31-9-5-6-10-33(31)44-24-36(39)42)45-34(22-35(41)38-21-7-8-28(38)23-40)37(25)46(3,4)30-18-16-29(43-2)17-19-30/h5-6,9-12,14-19,25,28,32,34,37,40H,7-8,13,20-24H2,1-4H3/t25-,28+,32+,34-,37+/m1/s1. The summed E-state index contributed by atoms with van der Waals surface area (Å²) in [4.78, 5) is 30.0. The van der Waals surface area contributed by atoms with Crippen LogP contribution in [-0.4, -0.2) is 75.0 Å². The van der Waals surface area contributed by atoms with E-state index in [1.54, 1.807) is 12.0 Å². The topological polar surface area (TPSA) is 88.5 Å². The second-order valence-electron chi connectivity index (χ2n) is 13.5. The average Bonchev–Trinajstić information content (AvgIpc) is 3.68. The summed E-state index contributed by atoms with van der Waals surface area (Å²) in [6, 6.07) is 24.2. The van der Waals surface area contributed by atoms with E-state index in [2.05, 4.69) is 44.3 Å². The van der Waals surface area contributed by atoms with Gasteiger partial charge in [0, 0.05) is 12.2 Å². The maximum Gasteiger partial charge on any atom is 0.269 e. The minimum Gasteiger partial charge on any atom is -0.497 e. The Morgan fingerprint density at radius 2 is 1.76 bits per heavy atom. The molecule has 3 aromatic rings. The van der Waals surface area contributed by atoms with E-state index in [4.69, 9.17) is 14.2 Å². The fraction of sp³-hybridized carbons (Fsp3) is 0.459. The summed E-state index contributed by atoms with van der Waals surface area (Å²) in [6.45, 7) is 7.84. The summed E-state index contributed by atoms with van der Waals surface area (Å²) in [7, 11) is -0.417. The van der Waals surface area contributed by atoms with Gasteiger partial charge in [0.1, 0.15) is 11.5 Å². The quantitative estimate of drug-likeness (QED) is 0.296. The molecule has 2 fully saturated rings. The zero-order valence-electron chi connectivity index (χ0n) is 27.4. The highest BCUT2D eigenvalue weighted by atomic mass is 28.3. The van der Waals surface area contributed by atoms with Gasteiger partial charge in [0.25, 0.3) is 5.91 Å². The number of benzene rings is 3. The van der Waals surface area contributed by atoms with Crippen molar-refractivity contribution >= 4 is 36.4 Å². The first-order chi connectivity index (χ1) is 22.2. The third-order valence-electron chi connectivity index (χ3n) is 10.5. The third kappa shape index (κ3) is 6.33. The van der Waals surface area contributed by atoms with Gasteiger partial charge in [-0.3, -0.25) is 14.5 Å². The van der Waals surface area contributed by atoms with Crippen LogP contribution in [0, 0.1) is 5.92 Å². The van der Waals surface area contributed by atoms with Crippen molar-refractivity contribution in [2.45, 2.75) is 75.9 Å². The summed E-state index contributed by atoms with van der Waals surface area (Å²) < 4.78 is 17.9. The molecule has 2 saturated heterocycles. The summed E-state index contributed by atoms with van der Waals surface area (Å²) in [5.74, 6) is 1.82. The lowest BCUT2D eigenvalue weighted by atomic mass is 9.95. The van der Waals surface area contributed by atoms with Crippen molar-refractivity contribution in [2.75, 3.05) is 31.8 Å². The number of hydrogen-bond acceptors (Lipinski definition) is 6. The fourth-order valence-electron chi connectivity index (χ4n) is 7.99. The van der Waals surface area contributed by atoms with Crippen molar-refractivity contribution in [2.24, 2.45) is 5.92 Å². The molecular weight excluding hydrogens is 597 g/mol. The highest BCUT2D eigenvalue weighted by Crippen LogP contribution is 2.47. The van der Waals surface area contributed by atoms with Gasteiger partial charge < -0.3 is 24.2 Å². The van der Waals surface area contributed by atoms with Gasteiger partial charge in [0.15, 0.2) is 6.61 Å². The molecule has 8 nitrogen and oxygen atoms in total. The molecule has 244 valence electrons. The molecule has 0 spiro atoms. The normalized spacial score (nSPS) is 24.5. The molecule has 9 heteroatoms. The number of para-hydroxylation sites is 2. The Labute approximate surface area is 273 Å². The first kappa shape index (κ1) is 32.3. The number of aryl methyl sites for hydroxylation is 1. The van der Waals surface area contributed by atoms with E-state index in [0.717, 1.165) is 42.8 Å². The fourth-order valence-corrected chi connectivity index (χ4v) is 12.1. The van der Waals surface area contributed by atoms with Gasteiger partial charge in [-0.2, -0.15) is 0 Å². The minimum atomic E-state index is -2.10. The number of nitrogens with zero attached hydrogens (tertiary/aromatic N) is 2.